The van der Waals surface area contributed by atoms with Crippen LogP contribution in [0.2, 0.25) is 0 Å². The summed E-state index contributed by atoms with van der Waals surface area (Å²) in [6.07, 6.45) is 2.05. The fraction of sp³-hybridized carbons (Fsp3) is 0.333. The quantitative estimate of drug-likeness (QED) is 0.794. The molecule has 1 aliphatic carbocycles. The molecule has 2 aromatic carbocycles. The predicted octanol–water partition coefficient (Wildman–Crippen LogP) is 3.01. The molecule has 0 bridgehead atoms. The van der Waals surface area contributed by atoms with E-state index in [1.165, 1.54) is 0 Å². The highest BCUT2D eigenvalue weighted by atomic mass is 16.5. The first kappa shape index (κ1) is 18.0. The summed E-state index contributed by atoms with van der Waals surface area (Å²) in [4.78, 5) is 27.0. The largest absolute Gasteiger partial charge is 0.493 e. The van der Waals surface area contributed by atoms with Gasteiger partial charge in [0.15, 0.2) is 0 Å². The van der Waals surface area contributed by atoms with Crippen molar-refractivity contribution in [1.82, 2.24) is 10.2 Å². The molecule has 0 atom stereocenters. The molecule has 2 aromatic rings. The lowest BCUT2D eigenvalue weighted by atomic mass is 10.2. The summed E-state index contributed by atoms with van der Waals surface area (Å²) in [6, 6.07) is 17.3. The van der Waals surface area contributed by atoms with Crippen LogP contribution in [-0.2, 0) is 11.3 Å². The molecule has 26 heavy (non-hydrogen) atoms. The van der Waals surface area contributed by atoms with Gasteiger partial charge in [-0.3, -0.25) is 9.59 Å². The van der Waals surface area contributed by atoms with E-state index in [1.807, 2.05) is 48.2 Å². The van der Waals surface area contributed by atoms with E-state index in [-0.39, 0.29) is 24.4 Å². The van der Waals surface area contributed by atoms with Crippen molar-refractivity contribution >= 4 is 11.8 Å². The van der Waals surface area contributed by atoms with Gasteiger partial charge in [-0.2, -0.15) is 0 Å². The minimum Gasteiger partial charge on any atom is -0.493 e. The molecule has 0 heterocycles. The summed E-state index contributed by atoms with van der Waals surface area (Å²) in [6.45, 7) is 2.92. The van der Waals surface area contributed by atoms with Crippen LogP contribution in [0.3, 0.4) is 0 Å². The van der Waals surface area contributed by atoms with Crippen LogP contribution in [0.15, 0.2) is 54.6 Å². The first-order valence-electron chi connectivity index (χ1n) is 9.02. The third-order valence-corrected chi connectivity index (χ3v) is 4.34. The van der Waals surface area contributed by atoms with Crippen molar-refractivity contribution in [2.24, 2.45) is 0 Å². The van der Waals surface area contributed by atoms with Crippen molar-refractivity contribution in [3.05, 3.63) is 65.7 Å². The summed E-state index contributed by atoms with van der Waals surface area (Å²) in [7, 11) is 0. The van der Waals surface area contributed by atoms with E-state index in [2.05, 4.69) is 5.32 Å². The summed E-state index contributed by atoms with van der Waals surface area (Å²) < 4.78 is 5.48. The average Bonchev–Trinajstić information content (AvgIpc) is 3.50. The summed E-state index contributed by atoms with van der Waals surface area (Å²) in [5.41, 5.74) is 1.55. The Morgan fingerprint density at radius 1 is 1.08 bits per heavy atom. The van der Waals surface area contributed by atoms with Gasteiger partial charge in [0.1, 0.15) is 5.75 Å². The lowest BCUT2D eigenvalue weighted by molar-refractivity contribution is -0.131. The minimum absolute atomic E-state index is 0.0113. The summed E-state index contributed by atoms with van der Waals surface area (Å²) in [5, 5.41) is 2.74. The van der Waals surface area contributed by atoms with Gasteiger partial charge >= 0.3 is 0 Å². The molecular formula is C21H24N2O3. The summed E-state index contributed by atoms with van der Waals surface area (Å²) in [5.74, 6) is 0.180. The molecule has 1 saturated carbocycles. The van der Waals surface area contributed by atoms with Gasteiger partial charge in [0, 0.05) is 12.6 Å². The molecule has 5 nitrogen and oxygen atoms in total. The maximum Gasteiger partial charge on any atom is 0.255 e. The van der Waals surface area contributed by atoms with Crippen molar-refractivity contribution in [2.45, 2.75) is 32.4 Å². The smallest absolute Gasteiger partial charge is 0.255 e. The number of amides is 2. The molecule has 1 aliphatic rings. The zero-order valence-corrected chi connectivity index (χ0v) is 15.0. The highest BCUT2D eigenvalue weighted by Crippen LogP contribution is 2.28. The van der Waals surface area contributed by atoms with Crippen LogP contribution in [0.1, 0.15) is 35.7 Å². The Bertz CT molecular complexity index is 757. The number of rotatable bonds is 8. The topological polar surface area (TPSA) is 58.6 Å². The average molecular weight is 352 g/mol. The Kier molecular flexibility index (Phi) is 5.89. The van der Waals surface area contributed by atoms with E-state index in [9.17, 15) is 9.59 Å². The van der Waals surface area contributed by atoms with Crippen LogP contribution >= 0.6 is 0 Å². The Morgan fingerprint density at radius 2 is 1.77 bits per heavy atom. The van der Waals surface area contributed by atoms with E-state index in [0.717, 1.165) is 18.4 Å². The van der Waals surface area contributed by atoms with Gasteiger partial charge in [0.25, 0.3) is 5.91 Å². The number of nitrogens with zero attached hydrogens (tertiary/aromatic N) is 1. The molecule has 0 spiro atoms. The van der Waals surface area contributed by atoms with E-state index < -0.39 is 0 Å². The molecule has 0 saturated heterocycles. The monoisotopic (exact) mass is 352 g/mol. The molecule has 1 N–H and O–H groups in total. The fourth-order valence-corrected chi connectivity index (χ4v) is 2.88. The molecule has 2 amide bonds. The van der Waals surface area contributed by atoms with Gasteiger partial charge in [-0.15, -0.1) is 0 Å². The second-order valence-corrected chi connectivity index (χ2v) is 6.35. The molecule has 3 rings (SSSR count). The van der Waals surface area contributed by atoms with Crippen LogP contribution in [0.5, 0.6) is 5.75 Å². The van der Waals surface area contributed by atoms with Gasteiger partial charge in [0.2, 0.25) is 5.91 Å². The van der Waals surface area contributed by atoms with Crippen molar-refractivity contribution in [3.8, 4) is 5.75 Å². The van der Waals surface area contributed by atoms with Crippen LogP contribution < -0.4 is 10.1 Å². The lowest BCUT2D eigenvalue weighted by Crippen LogP contribution is -2.41. The Morgan fingerprint density at radius 3 is 2.46 bits per heavy atom. The van der Waals surface area contributed by atoms with Crippen molar-refractivity contribution in [2.75, 3.05) is 13.2 Å². The van der Waals surface area contributed by atoms with Crippen molar-refractivity contribution < 1.29 is 14.3 Å². The number of para-hydroxylation sites is 1. The fourth-order valence-electron chi connectivity index (χ4n) is 2.88. The number of ether oxygens (including phenoxy) is 1. The van der Waals surface area contributed by atoms with Crippen LogP contribution in [0.4, 0.5) is 0 Å². The van der Waals surface area contributed by atoms with E-state index in [1.54, 1.807) is 18.2 Å². The Labute approximate surface area is 154 Å². The van der Waals surface area contributed by atoms with Crippen LogP contribution in [-0.4, -0.2) is 35.9 Å². The molecule has 5 heteroatoms. The molecule has 0 unspecified atom stereocenters. The van der Waals surface area contributed by atoms with E-state index in [0.29, 0.717) is 24.5 Å². The zero-order chi connectivity index (χ0) is 18.4. The molecule has 0 aliphatic heterocycles. The maximum atomic E-state index is 12.7. The predicted molar refractivity (Wildman–Crippen MR) is 100.0 cm³/mol. The third kappa shape index (κ3) is 4.63. The number of hydrogen-bond acceptors (Lipinski definition) is 3. The van der Waals surface area contributed by atoms with Gasteiger partial charge < -0.3 is 15.0 Å². The molecular weight excluding hydrogens is 328 g/mol. The Hall–Kier alpha value is -2.82. The van der Waals surface area contributed by atoms with Gasteiger partial charge in [-0.25, -0.2) is 0 Å². The minimum atomic E-state index is -0.294. The van der Waals surface area contributed by atoms with E-state index in [4.69, 9.17) is 4.74 Å². The standard InChI is InChI=1S/C21H24N2O3/c1-2-26-19-11-7-6-10-18(19)21(25)22-14-20(24)23(17-12-13-17)15-16-8-4-3-5-9-16/h3-11,17H,2,12-15H2,1H3,(H,22,25). The van der Waals surface area contributed by atoms with Crippen LogP contribution in [0.25, 0.3) is 0 Å². The zero-order valence-electron chi connectivity index (χ0n) is 15.0. The van der Waals surface area contributed by atoms with Gasteiger partial charge in [0.05, 0.1) is 18.7 Å². The van der Waals surface area contributed by atoms with E-state index >= 15 is 0 Å². The van der Waals surface area contributed by atoms with Crippen molar-refractivity contribution in [1.29, 1.82) is 0 Å². The first-order chi connectivity index (χ1) is 12.7. The second-order valence-electron chi connectivity index (χ2n) is 6.35. The van der Waals surface area contributed by atoms with Gasteiger partial charge in [-0.05, 0) is 37.5 Å². The van der Waals surface area contributed by atoms with Crippen molar-refractivity contribution in [3.63, 3.8) is 0 Å². The first-order valence-corrected chi connectivity index (χ1v) is 9.02. The van der Waals surface area contributed by atoms with Gasteiger partial charge in [-0.1, -0.05) is 42.5 Å². The number of benzene rings is 2. The molecule has 0 aromatic heterocycles. The highest BCUT2D eigenvalue weighted by molar-refractivity contribution is 5.98. The molecule has 0 radical (unpaired) electrons. The normalized spacial score (nSPS) is 13.1. The number of carbonyl (C=O) groups excluding carboxylic acids is 2. The Balaban J connectivity index is 1.61. The second kappa shape index (κ2) is 8.52. The lowest BCUT2D eigenvalue weighted by Gasteiger charge is -2.23. The molecule has 1 fully saturated rings. The maximum absolute atomic E-state index is 12.7. The summed E-state index contributed by atoms with van der Waals surface area (Å²) >= 11 is 0. The molecule has 136 valence electrons. The highest BCUT2D eigenvalue weighted by Gasteiger charge is 2.32. The third-order valence-electron chi connectivity index (χ3n) is 4.34. The number of nitrogens with one attached hydrogen (secondary N) is 1. The number of hydrogen-bond donors (Lipinski definition) is 1. The SMILES string of the molecule is CCOc1ccccc1C(=O)NCC(=O)N(Cc1ccccc1)C1CC1. The number of carbonyl (C=O) groups is 2. The van der Waals surface area contributed by atoms with Crippen LogP contribution in [0, 0.1) is 0 Å².